The molecule has 2 atom stereocenters. The molecule has 0 radical (unpaired) electrons. The molecule has 0 aromatic carbocycles. The van der Waals surface area contributed by atoms with Gasteiger partial charge in [-0.1, -0.05) is 27.2 Å². The molecule has 0 spiro atoms. The van der Waals surface area contributed by atoms with Crippen molar-refractivity contribution in [1.29, 1.82) is 0 Å². The van der Waals surface area contributed by atoms with E-state index < -0.39 is 0 Å². The second-order valence-corrected chi connectivity index (χ2v) is 5.56. The number of methoxy groups -OCH3 is 1. The van der Waals surface area contributed by atoms with Crippen LogP contribution in [-0.4, -0.2) is 13.7 Å². The first-order valence-corrected chi connectivity index (χ1v) is 7.45. The Balaban J connectivity index is 2.74. The third-order valence-corrected chi connectivity index (χ3v) is 4.18. The summed E-state index contributed by atoms with van der Waals surface area (Å²) in [7, 11) is 1.76. The van der Waals surface area contributed by atoms with E-state index in [0.29, 0.717) is 6.04 Å². The number of hydrogen-bond acceptors (Lipinski definition) is 3. The molecule has 0 bridgehead atoms. The van der Waals surface area contributed by atoms with Crippen LogP contribution in [0.3, 0.4) is 0 Å². The van der Waals surface area contributed by atoms with Crippen LogP contribution in [0.15, 0.2) is 11.4 Å². The minimum Gasteiger partial charge on any atom is -0.496 e. The second-order valence-electron chi connectivity index (χ2n) is 4.61. The highest BCUT2D eigenvalue weighted by atomic mass is 32.1. The van der Waals surface area contributed by atoms with Crippen molar-refractivity contribution in [2.45, 2.75) is 46.1 Å². The highest BCUT2D eigenvalue weighted by molar-refractivity contribution is 7.10. The predicted octanol–water partition coefficient (Wildman–Crippen LogP) is 4.23. The molecule has 3 heteroatoms. The summed E-state index contributed by atoms with van der Waals surface area (Å²) in [6.45, 7) is 7.86. The largest absolute Gasteiger partial charge is 0.496 e. The lowest BCUT2D eigenvalue weighted by Gasteiger charge is -2.21. The molecule has 1 heterocycles. The summed E-state index contributed by atoms with van der Waals surface area (Å²) in [5.74, 6) is 1.78. The Morgan fingerprint density at radius 3 is 2.76 bits per heavy atom. The Morgan fingerprint density at radius 1 is 1.41 bits per heavy atom. The highest BCUT2D eigenvalue weighted by Crippen LogP contribution is 2.34. The van der Waals surface area contributed by atoms with Crippen molar-refractivity contribution in [2.75, 3.05) is 13.7 Å². The lowest BCUT2D eigenvalue weighted by atomic mass is 9.98. The fourth-order valence-electron chi connectivity index (χ4n) is 1.90. The maximum Gasteiger partial charge on any atom is 0.134 e. The van der Waals surface area contributed by atoms with E-state index in [1.165, 1.54) is 24.1 Å². The van der Waals surface area contributed by atoms with Gasteiger partial charge in [0.1, 0.15) is 5.75 Å². The molecule has 1 rings (SSSR count). The van der Waals surface area contributed by atoms with Gasteiger partial charge in [0, 0.05) is 6.04 Å². The Bertz CT molecular complexity index is 311. The summed E-state index contributed by atoms with van der Waals surface area (Å²) in [6, 6.07) is 2.51. The van der Waals surface area contributed by atoms with Gasteiger partial charge in [-0.25, -0.2) is 0 Å². The lowest BCUT2D eigenvalue weighted by molar-refractivity contribution is 0.376. The van der Waals surface area contributed by atoms with Gasteiger partial charge in [0.15, 0.2) is 0 Å². The Kier molecular flexibility index (Phi) is 6.60. The molecule has 2 nitrogen and oxygen atoms in total. The molecule has 0 amide bonds. The predicted molar refractivity (Wildman–Crippen MR) is 76.0 cm³/mol. The normalized spacial score (nSPS) is 14.6. The van der Waals surface area contributed by atoms with E-state index in [2.05, 4.69) is 37.5 Å². The molecule has 1 aromatic rings. The lowest BCUT2D eigenvalue weighted by Crippen LogP contribution is -2.23. The molecule has 1 N–H and O–H groups in total. The van der Waals surface area contributed by atoms with Crippen LogP contribution in [0.2, 0.25) is 0 Å². The molecular formula is C14H25NOS. The van der Waals surface area contributed by atoms with E-state index >= 15 is 0 Å². The zero-order valence-electron chi connectivity index (χ0n) is 11.5. The van der Waals surface area contributed by atoms with Crippen LogP contribution in [0.1, 0.15) is 51.0 Å². The molecule has 17 heavy (non-hydrogen) atoms. The summed E-state index contributed by atoms with van der Waals surface area (Å²) >= 11 is 1.80. The molecule has 1 aromatic heterocycles. The van der Waals surface area contributed by atoms with Crippen molar-refractivity contribution in [3.8, 4) is 5.75 Å². The van der Waals surface area contributed by atoms with Crippen molar-refractivity contribution in [1.82, 2.24) is 5.32 Å². The Morgan fingerprint density at radius 2 is 2.18 bits per heavy atom. The van der Waals surface area contributed by atoms with Gasteiger partial charge < -0.3 is 10.1 Å². The number of thiophene rings is 1. The van der Waals surface area contributed by atoms with Crippen LogP contribution < -0.4 is 10.1 Å². The average molecular weight is 255 g/mol. The van der Waals surface area contributed by atoms with Crippen LogP contribution in [0.4, 0.5) is 0 Å². The minimum atomic E-state index is 0.444. The zero-order valence-corrected chi connectivity index (χ0v) is 12.3. The standard InChI is InChI=1S/C14H25NOS/c1-5-8-15-12(10-11(3)6-2)14-13(16-4)7-9-17-14/h7,9,11-12,15H,5-6,8,10H2,1-4H3. The number of ether oxygens (including phenoxy) is 1. The number of nitrogens with one attached hydrogen (secondary N) is 1. The third-order valence-electron chi connectivity index (χ3n) is 3.17. The molecule has 0 aliphatic heterocycles. The molecule has 0 aliphatic rings. The van der Waals surface area contributed by atoms with E-state index in [9.17, 15) is 0 Å². The fourth-order valence-corrected chi connectivity index (χ4v) is 2.85. The van der Waals surface area contributed by atoms with Gasteiger partial charge in [0.05, 0.1) is 12.0 Å². The first kappa shape index (κ1) is 14.5. The Hall–Kier alpha value is -0.540. The van der Waals surface area contributed by atoms with Crippen molar-refractivity contribution < 1.29 is 4.74 Å². The van der Waals surface area contributed by atoms with Crippen molar-refractivity contribution in [3.05, 3.63) is 16.3 Å². The molecule has 0 saturated carbocycles. The molecular weight excluding hydrogens is 230 g/mol. The Labute approximate surface area is 109 Å². The topological polar surface area (TPSA) is 21.3 Å². The summed E-state index contributed by atoms with van der Waals surface area (Å²) in [5, 5.41) is 5.76. The summed E-state index contributed by atoms with van der Waals surface area (Å²) < 4.78 is 5.43. The summed E-state index contributed by atoms with van der Waals surface area (Å²) in [6.07, 6.45) is 3.59. The first-order valence-electron chi connectivity index (χ1n) is 6.57. The molecule has 0 aliphatic carbocycles. The van der Waals surface area contributed by atoms with Crippen LogP contribution in [0.5, 0.6) is 5.75 Å². The van der Waals surface area contributed by atoms with Crippen LogP contribution in [0, 0.1) is 5.92 Å². The second kappa shape index (κ2) is 7.72. The van der Waals surface area contributed by atoms with E-state index in [0.717, 1.165) is 18.2 Å². The number of hydrogen-bond donors (Lipinski definition) is 1. The maximum atomic E-state index is 5.43. The van der Waals surface area contributed by atoms with Gasteiger partial charge >= 0.3 is 0 Å². The van der Waals surface area contributed by atoms with E-state index in [4.69, 9.17) is 4.74 Å². The monoisotopic (exact) mass is 255 g/mol. The van der Waals surface area contributed by atoms with E-state index in [1.807, 2.05) is 0 Å². The molecule has 0 saturated heterocycles. The van der Waals surface area contributed by atoms with Crippen LogP contribution in [0.25, 0.3) is 0 Å². The van der Waals surface area contributed by atoms with Crippen molar-refractivity contribution in [2.24, 2.45) is 5.92 Å². The first-order chi connectivity index (χ1) is 8.22. The van der Waals surface area contributed by atoms with Crippen LogP contribution in [-0.2, 0) is 0 Å². The van der Waals surface area contributed by atoms with Gasteiger partial charge in [0.2, 0.25) is 0 Å². The molecule has 98 valence electrons. The average Bonchev–Trinajstić information content (AvgIpc) is 2.82. The number of rotatable bonds is 8. The van der Waals surface area contributed by atoms with E-state index in [-0.39, 0.29) is 0 Å². The van der Waals surface area contributed by atoms with Crippen molar-refractivity contribution >= 4 is 11.3 Å². The van der Waals surface area contributed by atoms with Gasteiger partial charge in [0.25, 0.3) is 0 Å². The summed E-state index contributed by atoms with van der Waals surface area (Å²) in [5.41, 5.74) is 0. The molecule has 0 fully saturated rings. The third kappa shape index (κ3) is 4.32. The smallest absolute Gasteiger partial charge is 0.134 e. The van der Waals surface area contributed by atoms with Gasteiger partial charge in [-0.2, -0.15) is 0 Å². The van der Waals surface area contributed by atoms with Crippen molar-refractivity contribution in [3.63, 3.8) is 0 Å². The van der Waals surface area contributed by atoms with Gasteiger partial charge in [-0.05, 0) is 36.8 Å². The van der Waals surface area contributed by atoms with E-state index in [1.54, 1.807) is 18.4 Å². The maximum absolute atomic E-state index is 5.43. The van der Waals surface area contributed by atoms with Gasteiger partial charge in [-0.3, -0.25) is 0 Å². The SMILES string of the molecule is CCCNC(CC(C)CC)c1sccc1OC. The van der Waals surface area contributed by atoms with Crippen LogP contribution >= 0.6 is 11.3 Å². The molecule has 2 unspecified atom stereocenters. The van der Waals surface area contributed by atoms with Gasteiger partial charge in [-0.15, -0.1) is 11.3 Å². The highest BCUT2D eigenvalue weighted by Gasteiger charge is 2.18. The zero-order chi connectivity index (χ0) is 12.7. The fraction of sp³-hybridized carbons (Fsp3) is 0.714. The quantitative estimate of drug-likeness (QED) is 0.750. The summed E-state index contributed by atoms with van der Waals surface area (Å²) in [4.78, 5) is 1.35. The minimum absolute atomic E-state index is 0.444.